The Morgan fingerprint density at radius 2 is 1.53 bits per heavy atom. The largest absolute Gasteiger partial charge is 0.491 e. The second-order valence-corrected chi connectivity index (χ2v) is 9.95. The van der Waals surface area contributed by atoms with Gasteiger partial charge in [0.2, 0.25) is 0 Å². The van der Waals surface area contributed by atoms with Gasteiger partial charge in [-0.1, -0.05) is 56.7 Å². The highest BCUT2D eigenvalue weighted by molar-refractivity contribution is 5.65. The van der Waals surface area contributed by atoms with Crippen LogP contribution >= 0.6 is 0 Å². The first-order chi connectivity index (χ1) is 18.5. The van der Waals surface area contributed by atoms with Gasteiger partial charge in [0.05, 0.1) is 12.7 Å². The van der Waals surface area contributed by atoms with E-state index in [1.807, 2.05) is 6.92 Å². The van der Waals surface area contributed by atoms with Crippen LogP contribution in [-0.2, 0) is 11.3 Å². The summed E-state index contributed by atoms with van der Waals surface area (Å²) >= 11 is 0. The predicted molar refractivity (Wildman–Crippen MR) is 144 cm³/mol. The Balaban J connectivity index is 1.36. The van der Waals surface area contributed by atoms with Gasteiger partial charge in [-0.05, 0) is 73.3 Å². The van der Waals surface area contributed by atoms with Crippen LogP contribution in [0.15, 0.2) is 54.6 Å². The van der Waals surface area contributed by atoms with Gasteiger partial charge in [0.15, 0.2) is 23.2 Å². The van der Waals surface area contributed by atoms with E-state index >= 15 is 8.78 Å². The van der Waals surface area contributed by atoms with Gasteiger partial charge in [0.1, 0.15) is 12.4 Å². The zero-order valence-corrected chi connectivity index (χ0v) is 22.3. The summed E-state index contributed by atoms with van der Waals surface area (Å²) in [5.41, 5.74) is 2.11. The normalized spacial score (nSPS) is 17.4. The van der Waals surface area contributed by atoms with Crippen molar-refractivity contribution in [1.82, 2.24) is 0 Å². The summed E-state index contributed by atoms with van der Waals surface area (Å²) in [6, 6.07) is 15.0. The molecule has 0 unspecified atom stereocenters. The summed E-state index contributed by atoms with van der Waals surface area (Å²) in [4.78, 5) is 0. The van der Waals surface area contributed by atoms with E-state index in [4.69, 9.17) is 14.2 Å². The summed E-state index contributed by atoms with van der Waals surface area (Å²) in [7, 11) is 0. The zero-order chi connectivity index (χ0) is 26.9. The number of ether oxygens (including phenoxy) is 3. The van der Waals surface area contributed by atoms with E-state index in [-0.39, 0.29) is 29.9 Å². The minimum Gasteiger partial charge on any atom is -0.491 e. The standard InChI is InChI=1S/C32H37F3O3/c1-3-5-19-37-30-17-14-26(20-29(30)33)38-21-22-6-8-23(9-7-22)27-15-16-28(32(35)31(27)34)24-10-12-25(13-11-24)36-18-4-2/h6-9,14-17,20,24-25H,3-5,10-13,18-19,21H2,1-2H3. The Labute approximate surface area is 223 Å². The van der Waals surface area contributed by atoms with Gasteiger partial charge in [-0.3, -0.25) is 0 Å². The molecule has 1 saturated carbocycles. The molecule has 4 rings (SSSR count). The van der Waals surface area contributed by atoms with Crippen molar-refractivity contribution in [3.63, 3.8) is 0 Å². The second kappa shape index (κ2) is 13.7. The van der Waals surface area contributed by atoms with Crippen LogP contribution in [0.2, 0.25) is 0 Å². The molecule has 0 heterocycles. The topological polar surface area (TPSA) is 27.7 Å². The van der Waals surface area contributed by atoms with Crippen molar-refractivity contribution < 1.29 is 27.4 Å². The Hall–Kier alpha value is -2.99. The van der Waals surface area contributed by atoms with Crippen LogP contribution < -0.4 is 9.47 Å². The number of halogens is 3. The molecule has 3 aromatic rings. The highest BCUT2D eigenvalue weighted by Crippen LogP contribution is 2.38. The average molecular weight is 527 g/mol. The fraction of sp³-hybridized carbons (Fsp3) is 0.438. The van der Waals surface area contributed by atoms with Crippen LogP contribution in [0.3, 0.4) is 0 Å². The number of hydrogen-bond acceptors (Lipinski definition) is 3. The molecule has 3 nitrogen and oxygen atoms in total. The van der Waals surface area contributed by atoms with E-state index < -0.39 is 17.5 Å². The lowest BCUT2D eigenvalue weighted by molar-refractivity contribution is 0.0249. The van der Waals surface area contributed by atoms with Gasteiger partial charge in [-0.25, -0.2) is 13.2 Å². The van der Waals surface area contributed by atoms with E-state index in [0.29, 0.717) is 23.5 Å². The summed E-state index contributed by atoms with van der Waals surface area (Å²) in [5.74, 6) is -1.41. The van der Waals surface area contributed by atoms with Gasteiger partial charge >= 0.3 is 0 Å². The summed E-state index contributed by atoms with van der Waals surface area (Å²) in [5, 5.41) is 0. The van der Waals surface area contributed by atoms with Gasteiger partial charge < -0.3 is 14.2 Å². The predicted octanol–water partition coefficient (Wildman–Crippen LogP) is 8.98. The lowest BCUT2D eigenvalue weighted by atomic mass is 9.82. The van der Waals surface area contributed by atoms with Gasteiger partial charge in [0, 0.05) is 18.2 Å². The lowest BCUT2D eigenvalue weighted by Gasteiger charge is -2.29. The lowest BCUT2D eigenvalue weighted by Crippen LogP contribution is -2.21. The van der Waals surface area contributed by atoms with Gasteiger partial charge in [-0.2, -0.15) is 0 Å². The maximum atomic E-state index is 15.1. The molecule has 0 bridgehead atoms. The first-order valence-electron chi connectivity index (χ1n) is 13.7. The van der Waals surface area contributed by atoms with Crippen molar-refractivity contribution in [2.45, 2.75) is 77.4 Å². The van der Waals surface area contributed by atoms with Gasteiger partial charge in [-0.15, -0.1) is 0 Å². The quantitative estimate of drug-likeness (QED) is 0.220. The van der Waals surface area contributed by atoms with Crippen molar-refractivity contribution in [3.8, 4) is 22.6 Å². The van der Waals surface area contributed by atoms with Crippen molar-refractivity contribution in [2.75, 3.05) is 13.2 Å². The van der Waals surface area contributed by atoms with Crippen molar-refractivity contribution in [1.29, 1.82) is 0 Å². The molecule has 1 aliphatic carbocycles. The molecule has 6 heteroatoms. The molecule has 0 radical (unpaired) electrons. The third-order valence-electron chi connectivity index (χ3n) is 7.11. The SMILES string of the molecule is CCCCOc1ccc(OCc2ccc(-c3ccc(C4CCC(OCCC)CC4)c(F)c3F)cc2)cc1F. The molecule has 0 atom stereocenters. The maximum absolute atomic E-state index is 15.1. The molecule has 0 spiro atoms. The Morgan fingerprint density at radius 1 is 0.763 bits per heavy atom. The van der Waals surface area contributed by atoms with E-state index in [0.717, 1.165) is 57.1 Å². The van der Waals surface area contributed by atoms with E-state index in [1.54, 1.807) is 48.5 Å². The van der Waals surface area contributed by atoms with E-state index in [1.165, 1.54) is 6.07 Å². The molecule has 204 valence electrons. The first-order valence-corrected chi connectivity index (χ1v) is 13.7. The van der Waals surface area contributed by atoms with Crippen molar-refractivity contribution in [2.24, 2.45) is 0 Å². The highest BCUT2D eigenvalue weighted by atomic mass is 19.2. The van der Waals surface area contributed by atoms with Crippen LogP contribution in [0.1, 0.15) is 75.8 Å². The molecule has 0 saturated heterocycles. The summed E-state index contributed by atoms with van der Waals surface area (Å²) in [6.45, 7) is 5.57. The zero-order valence-electron chi connectivity index (χ0n) is 22.3. The second-order valence-electron chi connectivity index (χ2n) is 9.95. The number of hydrogen-bond donors (Lipinski definition) is 0. The van der Waals surface area contributed by atoms with Crippen molar-refractivity contribution >= 4 is 0 Å². The minimum atomic E-state index is -0.812. The molecule has 0 aromatic heterocycles. The molecular weight excluding hydrogens is 489 g/mol. The number of benzene rings is 3. The van der Waals surface area contributed by atoms with Crippen LogP contribution in [0.25, 0.3) is 11.1 Å². The third-order valence-corrected chi connectivity index (χ3v) is 7.11. The van der Waals surface area contributed by atoms with Gasteiger partial charge in [0.25, 0.3) is 0 Å². The first kappa shape index (κ1) is 28.0. The van der Waals surface area contributed by atoms with Crippen LogP contribution in [-0.4, -0.2) is 19.3 Å². The Morgan fingerprint density at radius 3 is 2.21 bits per heavy atom. The fourth-order valence-electron chi connectivity index (χ4n) is 4.89. The molecular formula is C32H37F3O3. The van der Waals surface area contributed by atoms with Crippen molar-refractivity contribution in [3.05, 3.63) is 83.2 Å². The fourth-order valence-corrected chi connectivity index (χ4v) is 4.89. The monoisotopic (exact) mass is 526 g/mol. The molecule has 3 aromatic carbocycles. The van der Waals surface area contributed by atoms with E-state index in [2.05, 4.69) is 6.92 Å². The molecule has 38 heavy (non-hydrogen) atoms. The van der Waals surface area contributed by atoms with Crippen LogP contribution in [0.4, 0.5) is 13.2 Å². The molecule has 1 aliphatic rings. The van der Waals surface area contributed by atoms with E-state index in [9.17, 15) is 4.39 Å². The number of rotatable bonds is 12. The third kappa shape index (κ3) is 7.10. The molecule has 0 amide bonds. The molecule has 0 aliphatic heterocycles. The summed E-state index contributed by atoms with van der Waals surface area (Å²) in [6.07, 6.45) is 6.41. The average Bonchev–Trinajstić information content (AvgIpc) is 2.94. The Kier molecular flexibility index (Phi) is 10.1. The Bertz CT molecular complexity index is 1170. The maximum Gasteiger partial charge on any atom is 0.168 e. The van der Waals surface area contributed by atoms with Crippen LogP contribution in [0, 0.1) is 17.5 Å². The smallest absolute Gasteiger partial charge is 0.168 e. The molecule has 0 N–H and O–H groups in total. The molecule has 1 fully saturated rings. The minimum absolute atomic E-state index is 0.0151. The number of unbranched alkanes of at least 4 members (excludes halogenated alkanes) is 1. The van der Waals surface area contributed by atoms with Crippen LogP contribution in [0.5, 0.6) is 11.5 Å². The highest BCUT2D eigenvalue weighted by Gasteiger charge is 2.27. The summed E-state index contributed by atoms with van der Waals surface area (Å²) < 4.78 is 61.4.